The van der Waals surface area contributed by atoms with Crippen molar-refractivity contribution in [2.75, 3.05) is 47.9 Å². The number of benzene rings is 2. The first-order valence-corrected chi connectivity index (χ1v) is 17.0. The van der Waals surface area contributed by atoms with E-state index >= 15 is 0 Å². The number of hydrogen-bond acceptors (Lipinski definition) is 15. The molecule has 250 valence electrons. The molecule has 0 bridgehead atoms. The van der Waals surface area contributed by atoms with Crippen molar-refractivity contribution in [2.45, 2.75) is 22.8 Å². The van der Waals surface area contributed by atoms with E-state index in [9.17, 15) is 17.8 Å². The van der Waals surface area contributed by atoms with Gasteiger partial charge in [0, 0.05) is 28.8 Å². The number of thioether (sulfide) groups is 1. The Labute approximate surface area is 277 Å². The van der Waals surface area contributed by atoms with E-state index in [1.165, 1.54) is 52.7 Å². The van der Waals surface area contributed by atoms with Crippen LogP contribution in [0.25, 0.3) is 33.7 Å². The Balaban J connectivity index is 1.41. The minimum Gasteiger partial charge on any atom is -0.496 e. The van der Waals surface area contributed by atoms with Gasteiger partial charge in [-0.1, -0.05) is 11.8 Å². The Hall–Kier alpha value is -4.45. The van der Waals surface area contributed by atoms with Gasteiger partial charge >= 0.3 is 10.1 Å². The molecule has 5 aromatic rings. The topological polar surface area (TPSA) is 179 Å². The third kappa shape index (κ3) is 6.83. The average molecular weight is 707 g/mol. The summed E-state index contributed by atoms with van der Waals surface area (Å²) in [4.78, 5) is 14.0. The monoisotopic (exact) mass is 706 g/mol. The Morgan fingerprint density at radius 2 is 1.60 bits per heavy atom. The Kier molecular flexibility index (Phi) is 10.2. The molecule has 0 aliphatic rings. The van der Waals surface area contributed by atoms with Crippen LogP contribution in [0, 0.1) is 6.92 Å². The molecule has 0 fully saturated rings. The quantitative estimate of drug-likeness (QED) is 0.0840. The van der Waals surface area contributed by atoms with Crippen molar-refractivity contribution < 1.29 is 50.2 Å². The Bertz CT molecular complexity index is 2060. The highest BCUT2D eigenvalue weighted by molar-refractivity contribution is 7.99. The smallest absolute Gasteiger partial charge is 0.304 e. The zero-order valence-corrected chi connectivity index (χ0v) is 28.5. The van der Waals surface area contributed by atoms with Gasteiger partial charge in [0.2, 0.25) is 22.8 Å². The minimum absolute atomic E-state index is 0.0529. The third-order valence-electron chi connectivity index (χ3n) is 6.90. The van der Waals surface area contributed by atoms with Crippen molar-refractivity contribution in [2.24, 2.45) is 0 Å². The summed E-state index contributed by atoms with van der Waals surface area (Å²) in [5.41, 5.74) is 0.927. The van der Waals surface area contributed by atoms with Gasteiger partial charge in [0.15, 0.2) is 21.5 Å². The fourth-order valence-corrected chi connectivity index (χ4v) is 7.28. The van der Waals surface area contributed by atoms with Crippen LogP contribution in [0.1, 0.15) is 12.0 Å². The highest BCUT2D eigenvalue weighted by Crippen LogP contribution is 2.44. The summed E-state index contributed by atoms with van der Waals surface area (Å²) in [6, 6.07) is 6.46. The molecular formula is C30H30N2O12S3. The molecule has 0 saturated heterocycles. The van der Waals surface area contributed by atoms with Crippen LogP contribution in [0.2, 0.25) is 0 Å². The summed E-state index contributed by atoms with van der Waals surface area (Å²) in [6.07, 6.45) is 0.457. The van der Waals surface area contributed by atoms with E-state index in [-0.39, 0.29) is 50.2 Å². The van der Waals surface area contributed by atoms with Crippen molar-refractivity contribution in [1.82, 2.24) is 10.2 Å². The zero-order chi connectivity index (χ0) is 33.9. The number of hydrogen-bond donors (Lipinski definition) is 1. The first-order chi connectivity index (χ1) is 22.5. The maximum absolute atomic E-state index is 14.0. The van der Waals surface area contributed by atoms with Crippen molar-refractivity contribution in [3.05, 3.63) is 45.4 Å². The van der Waals surface area contributed by atoms with Gasteiger partial charge in [-0.15, -0.1) is 21.5 Å². The normalized spacial score (nSPS) is 11.5. The van der Waals surface area contributed by atoms with E-state index in [0.29, 0.717) is 51.9 Å². The second-order valence-electron chi connectivity index (χ2n) is 9.67. The minimum atomic E-state index is -4.36. The van der Waals surface area contributed by atoms with Crippen molar-refractivity contribution in [3.63, 3.8) is 0 Å². The SMILES string of the molecule is COc1cc(OC)c2c(=O)c(OCCCSc3nnc(-c4csc(S(=O)(=O)O)c4C)o3)c(-c3cc(OC)c(OC)c(OC)c3)oc2c1. The first kappa shape index (κ1) is 33.9. The van der Waals surface area contributed by atoms with Crippen LogP contribution in [-0.2, 0) is 10.1 Å². The molecule has 17 heteroatoms. The maximum Gasteiger partial charge on any atom is 0.304 e. The fraction of sp³-hybridized carbons (Fsp3) is 0.300. The van der Waals surface area contributed by atoms with E-state index in [0.717, 1.165) is 11.3 Å². The molecule has 2 aromatic carbocycles. The van der Waals surface area contributed by atoms with Crippen molar-refractivity contribution >= 4 is 44.2 Å². The van der Waals surface area contributed by atoms with E-state index in [2.05, 4.69) is 10.2 Å². The van der Waals surface area contributed by atoms with Crippen LogP contribution in [0.3, 0.4) is 0 Å². The van der Waals surface area contributed by atoms with Crippen molar-refractivity contribution in [3.8, 4) is 57.3 Å². The highest BCUT2D eigenvalue weighted by Gasteiger charge is 2.25. The lowest BCUT2D eigenvalue weighted by Crippen LogP contribution is -2.12. The summed E-state index contributed by atoms with van der Waals surface area (Å²) >= 11 is 2.12. The molecule has 0 aliphatic heterocycles. The maximum atomic E-state index is 14.0. The van der Waals surface area contributed by atoms with Gasteiger partial charge in [0.05, 0.1) is 47.7 Å². The molecular weight excluding hydrogens is 677 g/mol. The second kappa shape index (κ2) is 14.1. The number of nitrogens with zero attached hydrogens (tertiary/aromatic N) is 2. The number of ether oxygens (including phenoxy) is 6. The standard InChI is InChI=1S/C30H30N2O12S3/c1-15-18(14-46-29(15)47(34,35)36)28-31-32-30(44-28)45-9-7-8-42-27-24(33)23-19(38-3)12-17(37-2)13-20(23)43-25(27)16-10-21(39-4)26(41-6)22(11-16)40-5/h10-14H,7-9H2,1-6H3,(H,34,35,36). The number of thiophene rings is 1. The van der Waals surface area contributed by atoms with E-state index < -0.39 is 15.5 Å². The molecule has 0 unspecified atom stereocenters. The average Bonchev–Trinajstić information content (AvgIpc) is 3.70. The Morgan fingerprint density at radius 1 is 0.894 bits per heavy atom. The van der Waals surface area contributed by atoms with Gasteiger partial charge in [0.25, 0.3) is 5.22 Å². The summed E-state index contributed by atoms with van der Waals surface area (Å²) in [5.74, 6) is 2.41. The first-order valence-electron chi connectivity index (χ1n) is 13.7. The number of fused-ring (bicyclic) bond motifs is 1. The van der Waals surface area contributed by atoms with Crippen LogP contribution < -0.4 is 33.8 Å². The lowest BCUT2D eigenvalue weighted by molar-refractivity contribution is 0.309. The molecule has 0 saturated carbocycles. The second-order valence-corrected chi connectivity index (χ2v) is 13.2. The van der Waals surface area contributed by atoms with Crippen LogP contribution >= 0.6 is 23.1 Å². The van der Waals surface area contributed by atoms with Gasteiger partial charge in [0.1, 0.15) is 22.5 Å². The lowest BCUT2D eigenvalue weighted by atomic mass is 10.1. The van der Waals surface area contributed by atoms with E-state index in [1.54, 1.807) is 31.2 Å². The van der Waals surface area contributed by atoms with Crippen LogP contribution in [0.15, 0.2) is 52.7 Å². The predicted molar refractivity (Wildman–Crippen MR) is 174 cm³/mol. The summed E-state index contributed by atoms with van der Waals surface area (Å²) in [5, 5.41) is 9.97. The molecule has 5 rings (SSSR count). The molecule has 0 aliphatic carbocycles. The molecule has 47 heavy (non-hydrogen) atoms. The van der Waals surface area contributed by atoms with Crippen LogP contribution in [0.4, 0.5) is 0 Å². The van der Waals surface area contributed by atoms with Gasteiger partial charge in [-0.05, 0) is 31.0 Å². The van der Waals surface area contributed by atoms with Crippen LogP contribution in [0.5, 0.6) is 34.5 Å². The third-order valence-corrected chi connectivity index (χ3v) is 10.4. The molecule has 0 amide bonds. The zero-order valence-electron chi connectivity index (χ0n) is 26.1. The van der Waals surface area contributed by atoms with E-state index in [1.807, 2.05) is 0 Å². The summed E-state index contributed by atoms with van der Waals surface area (Å²) < 4.78 is 77.8. The predicted octanol–water partition coefficient (Wildman–Crippen LogP) is 5.73. The number of methoxy groups -OCH3 is 5. The molecule has 14 nitrogen and oxygen atoms in total. The van der Waals surface area contributed by atoms with Crippen LogP contribution in [-0.4, -0.2) is 71.1 Å². The van der Waals surface area contributed by atoms with Gasteiger partial charge < -0.3 is 37.3 Å². The summed E-state index contributed by atoms with van der Waals surface area (Å²) in [7, 11) is 3.01. The molecule has 0 spiro atoms. The largest absolute Gasteiger partial charge is 0.496 e. The van der Waals surface area contributed by atoms with Gasteiger partial charge in [-0.25, -0.2) is 0 Å². The molecule has 1 N–H and O–H groups in total. The Morgan fingerprint density at radius 3 is 2.19 bits per heavy atom. The molecule has 3 aromatic heterocycles. The molecule has 3 heterocycles. The van der Waals surface area contributed by atoms with E-state index in [4.69, 9.17) is 37.3 Å². The highest BCUT2D eigenvalue weighted by atomic mass is 32.3. The molecule has 0 atom stereocenters. The summed E-state index contributed by atoms with van der Waals surface area (Å²) in [6.45, 7) is 1.66. The fourth-order valence-electron chi connectivity index (χ4n) is 4.69. The van der Waals surface area contributed by atoms with Crippen molar-refractivity contribution in [1.29, 1.82) is 0 Å². The van der Waals surface area contributed by atoms with Gasteiger partial charge in [-0.3, -0.25) is 9.35 Å². The lowest BCUT2D eigenvalue weighted by Gasteiger charge is -2.16. The number of aromatic nitrogens is 2. The molecule has 0 radical (unpaired) electrons. The number of rotatable bonds is 14. The van der Waals surface area contributed by atoms with Gasteiger partial charge in [-0.2, -0.15) is 8.42 Å².